The molecule has 0 saturated carbocycles. The van der Waals surface area contributed by atoms with Crippen LogP contribution in [0.4, 0.5) is 0 Å². The molecule has 2 heterocycles. The van der Waals surface area contributed by atoms with Crippen LogP contribution in [0, 0.1) is 6.92 Å². The van der Waals surface area contributed by atoms with Gasteiger partial charge in [0.2, 0.25) is 0 Å². The van der Waals surface area contributed by atoms with E-state index in [9.17, 15) is 0 Å². The fraction of sp³-hybridized carbons (Fsp3) is 0.158. The van der Waals surface area contributed by atoms with Gasteiger partial charge in [-0.1, -0.05) is 48.5 Å². The average Bonchev–Trinajstić information content (AvgIpc) is 3.14. The Kier molecular flexibility index (Phi) is 3.23. The molecule has 4 aromatic rings. The van der Waals surface area contributed by atoms with Gasteiger partial charge in [0.05, 0.1) is 11.4 Å². The predicted octanol–water partition coefficient (Wildman–Crippen LogP) is 4.22. The summed E-state index contributed by atoms with van der Waals surface area (Å²) in [5, 5.41) is 4.70. The zero-order chi connectivity index (χ0) is 15.8. The molecule has 0 atom stereocenters. The van der Waals surface area contributed by atoms with Crippen molar-refractivity contribution in [3.63, 3.8) is 0 Å². The van der Waals surface area contributed by atoms with E-state index in [-0.39, 0.29) is 0 Å². The van der Waals surface area contributed by atoms with Gasteiger partial charge in [-0.15, -0.1) is 0 Å². The summed E-state index contributed by atoms with van der Waals surface area (Å²) in [5.74, 6) is 0.994. The minimum absolute atomic E-state index is 0.863. The van der Waals surface area contributed by atoms with E-state index in [0.717, 1.165) is 40.5 Å². The van der Waals surface area contributed by atoms with Crippen LogP contribution in [0.15, 0.2) is 60.7 Å². The summed E-state index contributed by atoms with van der Waals surface area (Å²) in [6.07, 6.45) is 0. The second-order valence-electron chi connectivity index (χ2n) is 5.55. The highest BCUT2D eigenvalue weighted by atomic mass is 15.3. The minimum atomic E-state index is 0.863. The van der Waals surface area contributed by atoms with Crippen LogP contribution in [0.1, 0.15) is 12.6 Å². The molecular weight excluding hydrogens is 284 g/mol. The van der Waals surface area contributed by atoms with Crippen molar-refractivity contribution in [2.24, 2.45) is 0 Å². The van der Waals surface area contributed by atoms with Crippen molar-refractivity contribution in [2.45, 2.75) is 20.4 Å². The molecule has 4 rings (SSSR count). The summed E-state index contributed by atoms with van der Waals surface area (Å²) in [6.45, 7) is 5.05. The maximum Gasteiger partial charge on any atom is 0.182 e. The third-order valence-corrected chi connectivity index (χ3v) is 4.09. The highest BCUT2D eigenvalue weighted by molar-refractivity contribution is 5.81. The van der Waals surface area contributed by atoms with Gasteiger partial charge in [-0.25, -0.2) is 9.67 Å². The maximum atomic E-state index is 4.91. The molecule has 0 aliphatic heterocycles. The first-order chi connectivity index (χ1) is 11.3. The second kappa shape index (κ2) is 5.39. The normalized spacial score (nSPS) is 11.2. The molecule has 0 aliphatic carbocycles. The van der Waals surface area contributed by atoms with Gasteiger partial charge in [0, 0.05) is 12.1 Å². The molecule has 0 radical (unpaired) electrons. The van der Waals surface area contributed by atoms with Gasteiger partial charge in [-0.3, -0.25) is 0 Å². The lowest BCUT2D eigenvalue weighted by molar-refractivity contribution is 0.788. The average molecular weight is 302 g/mol. The van der Waals surface area contributed by atoms with E-state index < -0.39 is 0 Å². The molecule has 0 aliphatic rings. The van der Waals surface area contributed by atoms with E-state index in [1.54, 1.807) is 0 Å². The lowest BCUT2D eigenvalue weighted by Gasteiger charge is -2.05. The number of benzene rings is 2. The molecule has 4 nitrogen and oxygen atoms in total. The number of imidazole rings is 1. The van der Waals surface area contributed by atoms with E-state index >= 15 is 0 Å². The first-order valence-electron chi connectivity index (χ1n) is 7.86. The van der Waals surface area contributed by atoms with Gasteiger partial charge in [0.15, 0.2) is 5.65 Å². The van der Waals surface area contributed by atoms with Gasteiger partial charge in [-0.05, 0) is 26.0 Å². The molecule has 114 valence electrons. The summed E-state index contributed by atoms with van der Waals surface area (Å²) >= 11 is 0. The lowest BCUT2D eigenvalue weighted by Crippen LogP contribution is -1.99. The molecule has 4 heteroatoms. The highest BCUT2D eigenvalue weighted by Gasteiger charge is 2.19. The van der Waals surface area contributed by atoms with Crippen molar-refractivity contribution in [3.8, 4) is 17.1 Å². The van der Waals surface area contributed by atoms with E-state index in [0.29, 0.717) is 0 Å². The molecule has 0 unspecified atom stereocenters. The van der Waals surface area contributed by atoms with Crippen molar-refractivity contribution in [2.75, 3.05) is 0 Å². The van der Waals surface area contributed by atoms with Crippen molar-refractivity contribution >= 4 is 11.2 Å². The minimum Gasteiger partial charge on any atom is -0.321 e. The third-order valence-electron chi connectivity index (χ3n) is 4.09. The van der Waals surface area contributed by atoms with Crippen molar-refractivity contribution < 1.29 is 0 Å². The summed E-state index contributed by atoms with van der Waals surface area (Å²) in [4.78, 5) is 4.91. The number of aryl methyl sites for hydroxylation is 2. The first-order valence-corrected chi connectivity index (χ1v) is 7.86. The van der Waals surface area contributed by atoms with E-state index in [1.807, 2.05) is 48.0 Å². The topological polar surface area (TPSA) is 35.6 Å². The van der Waals surface area contributed by atoms with E-state index in [4.69, 9.17) is 10.1 Å². The van der Waals surface area contributed by atoms with Crippen LogP contribution in [0.25, 0.3) is 28.2 Å². The smallest absolute Gasteiger partial charge is 0.182 e. The van der Waals surface area contributed by atoms with Crippen molar-refractivity contribution in [1.82, 2.24) is 19.3 Å². The molecule has 0 fully saturated rings. The van der Waals surface area contributed by atoms with Crippen LogP contribution in [0.2, 0.25) is 0 Å². The van der Waals surface area contributed by atoms with Gasteiger partial charge < -0.3 is 4.57 Å². The summed E-state index contributed by atoms with van der Waals surface area (Å²) < 4.78 is 4.18. The molecule has 0 saturated heterocycles. The molecule has 0 bridgehead atoms. The Balaban J connectivity index is 2.01. The van der Waals surface area contributed by atoms with Crippen molar-refractivity contribution in [1.29, 1.82) is 0 Å². The molecule has 2 aromatic carbocycles. The molecule has 23 heavy (non-hydrogen) atoms. The summed E-state index contributed by atoms with van der Waals surface area (Å²) in [5.41, 5.74) is 5.18. The number of hydrogen-bond acceptors (Lipinski definition) is 2. The zero-order valence-corrected chi connectivity index (χ0v) is 13.3. The van der Waals surface area contributed by atoms with E-state index in [2.05, 4.69) is 35.8 Å². The largest absolute Gasteiger partial charge is 0.321 e. The number of nitrogens with zero attached hydrogens (tertiary/aromatic N) is 4. The Labute approximate surface area is 135 Å². The number of rotatable bonds is 3. The van der Waals surface area contributed by atoms with Crippen molar-refractivity contribution in [3.05, 3.63) is 66.4 Å². The van der Waals surface area contributed by atoms with Crippen LogP contribution in [0.5, 0.6) is 0 Å². The number of aromatic nitrogens is 4. The van der Waals surface area contributed by atoms with Crippen LogP contribution < -0.4 is 0 Å². The van der Waals surface area contributed by atoms with Gasteiger partial charge in [0.25, 0.3) is 0 Å². The molecule has 0 amide bonds. The molecule has 0 N–H and O–H groups in total. The summed E-state index contributed by atoms with van der Waals surface area (Å²) in [6, 6.07) is 20.5. The zero-order valence-electron chi connectivity index (χ0n) is 13.3. The van der Waals surface area contributed by atoms with Crippen LogP contribution in [-0.4, -0.2) is 19.3 Å². The second-order valence-corrected chi connectivity index (χ2v) is 5.55. The third kappa shape index (κ3) is 2.14. The predicted molar refractivity (Wildman–Crippen MR) is 92.7 cm³/mol. The Hall–Kier alpha value is -2.88. The van der Waals surface area contributed by atoms with E-state index in [1.165, 1.54) is 0 Å². The Morgan fingerprint density at radius 3 is 2.22 bits per heavy atom. The van der Waals surface area contributed by atoms with Crippen LogP contribution >= 0.6 is 0 Å². The monoisotopic (exact) mass is 302 g/mol. The fourth-order valence-electron chi connectivity index (χ4n) is 3.05. The summed E-state index contributed by atoms with van der Waals surface area (Å²) in [7, 11) is 0. The number of para-hydroxylation sites is 1. The lowest BCUT2D eigenvalue weighted by atomic mass is 10.2. The van der Waals surface area contributed by atoms with Gasteiger partial charge in [0.1, 0.15) is 11.3 Å². The fourth-order valence-corrected chi connectivity index (χ4v) is 3.05. The highest BCUT2D eigenvalue weighted by Crippen LogP contribution is 2.28. The van der Waals surface area contributed by atoms with Crippen LogP contribution in [-0.2, 0) is 6.54 Å². The van der Waals surface area contributed by atoms with Gasteiger partial charge >= 0.3 is 0 Å². The number of hydrogen-bond donors (Lipinski definition) is 0. The Morgan fingerprint density at radius 2 is 1.57 bits per heavy atom. The SMILES string of the molecule is CCn1c(-c2ccccc2)nc2c1c(C)nn2-c1ccccc1. The van der Waals surface area contributed by atoms with Crippen LogP contribution in [0.3, 0.4) is 0 Å². The molecule has 2 aromatic heterocycles. The Morgan fingerprint density at radius 1 is 0.913 bits per heavy atom. The number of fused-ring (bicyclic) bond motifs is 1. The molecule has 0 spiro atoms. The first kappa shape index (κ1) is 13.8. The Bertz CT molecular complexity index is 949. The standard InChI is InChI=1S/C19H18N4/c1-3-22-17-14(2)21-23(16-12-8-5-9-13-16)19(17)20-18(22)15-10-6-4-7-11-15/h4-13H,3H2,1-2H3. The quantitative estimate of drug-likeness (QED) is 0.568. The molecular formula is C19H18N4. The van der Waals surface area contributed by atoms with Gasteiger partial charge in [-0.2, -0.15) is 5.10 Å². The maximum absolute atomic E-state index is 4.91.